The Labute approximate surface area is 131 Å². The van der Waals surface area contributed by atoms with Crippen LogP contribution < -0.4 is 10.6 Å². The molecule has 0 aromatic heterocycles. The van der Waals surface area contributed by atoms with Gasteiger partial charge in [0.1, 0.15) is 5.82 Å². The molecular weight excluding hydrogens is 291 g/mol. The summed E-state index contributed by atoms with van der Waals surface area (Å²) >= 11 is 0. The summed E-state index contributed by atoms with van der Waals surface area (Å²) in [6, 6.07) is 6.69. The lowest BCUT2D eigenvalue weighted by atomic mass is 9.77. The van der Waals surface area contributed by atoms with Crippen molar-refractivity contribution < 1.29 is 9.18 Å². The predicted molar refractivity (Wildman–Crippen MR) is 83.2 cm³/mol. The van der Waals surface area contributed by atoms with Crippen LogP contribution in [-0.2, 0) is 10.2 Å². The maximum atomic E-state index is 13.1. The van der Waals surface area contributed by atoms with Crippen LogP contribution in [0, 0.1) is 5.82 Å². The zero-order valence-electron chi connectivity index (χ0n) is 12.0. The van der Waals surface area contributed by atoms with E-state index in [1.807, 2.05) is 0 Å². The van der Waals surface area contributed by atoms with E-state index in [4.69, 9.17) is 0 Å². The minimum atomic E-state index is -0.448. The van der Waals surface area contributed by atoms with Gasteiger partial charge in [-0.05, 0) is 43.5 Å². The standard InChI is InChI=1S/C16H21FN2O.ClH/c17-13-5-3-12(4-6-13)16(8-1-2-9-16)15(20)19-14-7-10-18-11-14;/h3-6,14,18H,1-2,7-11H2,(H,19,20);1H. The Kier molecular flexibility index (Phi) is 5.22. The molecule has 3 nitrogen and oxygen atoms in total. The fraction of sp³-hybridized carbons (Fsp3) is 0.562. The van der Waals surface area contributed by atoms with Crippen LogP contribution in [0.2, 0.25) is 0 Å². The van der Waals surface area contributed by atoms with Crippen LogP contribution in [0.1, 0.15) is 37.7 Å². The first-order valence-electron chi connectivity index (χ1n) is 7.48. The van der Waals surface area contributed by atoms with Gasteiger partial charge in [0.05, 0.1) is 5.41 Å². The fourth-order valence-corrected chi connectivity index (χ4v) is 3.50. The molecule has 1 aliphatic heterocycles. The number of hydrogen-bond donors (Lipinski definition) is 2. The summed E-state index contributed by atoms with van der Waals surface area (Å²) in [6.45, 7) is 1.82. The van der Waals surface area contributed by atoms with E-state index in [0.29, 0.717) is 0 Å². The van der Waals surface area contributed by atoms with Crippen LogP contribution >= 0.6 is 12.4 Å². The van der Waals surface area contributed by atoms with Crippen molar-refractivity contribution in [1.29, 1.82) is 0 Å². The molecule has 0 spiro atoms. The number of carbonyl (C=O) groups excluding carboxylic acids is 1. The van der Waals surface area contributed by atoms with Crippen molar-refractivity contribution in [2.75, 3.05) is 13.1 Å². The van der Waals surface area contributed by atoms with Crippen LogP contribution in [-0.4, -0.2) is 25.0 Å². The van der Waals surface area contributed by atoms with Gasteiger partial charge >= 0.3 is 0 Å². The first kappa shape index (κ1) is 16.2. The number of halogens is 2. The Morgan fingerprint density at radius 1 is 1.24 bits per heavy atom. The zero-order valence-corrected chi connectivity index (χ0v) is 12.8. The minimum Gasteiger partial charge on any atom is -0.351 e. The number of nitrogens with one attached hydrogen (secondary N) is 2. The maximum absolute atomic E-state index is 13.1. The molecule has 0 bridgehead atoms. The van der Waals surface area contributed by atoms with E-state index in [-0.39, 0.29) is 30.2 Å². The third-order valence-corrected chi connectivity index (χ3v) is 4.68. The molecule has 1 aromatic carbocycles. The second-order valence-electron chi connectivity index (χ2n) is 5.96. The Morgan fingerprint density at radius 2 is 1.90 bits per heavy atom. The van der Waals surface area contributed by atoms with Gasteiger partial charge in [0.25, 0.3) is 0 Å². The molecule has 21 heavy (non-hydrogen) atoms. The maximum Gasteiger partial charge on any atom is 0.230 e. The molecule has 5 heteroatoms. The molecule has 2 fully saturated rings. The highest BCUT2D eigenvalue weighted by atomic mass is 35.5. The molecule has 3 rings (SSSR count). The smallest absolute Gasteiger partial charge is 0.230 e. The summed E-state index contributed by atoms with van der Waals surface area (Å²) in [6.07, 6.45) is 4.85. The fourth-order valence-electron chi connectivity index (χ4n) is 3.50. The average Bonchev–Trinajstić information content (AvgIpc) is 3.10. The molecule has 116 valence electrons. The van der Waals surface area contributed by atoms with E-state index in [9.17, 15) is 9.18 Å². The number of hydrogen-bond acceptors (Lipinski definition) is 2. The summed E-state index contributed by atoms with van der Waals surface area (Å²) in [5.74, 6) is -0.127. The van der Waals surface area contributed by atoms with E-state index in [0.717, 1.165) is 50.8 Å². The highest BCUT2D eigenvalue weighted by Crippen LogP contribution is 2.41. The monoisotopic (exact) mass is 312 g/mol. The number of carbonyl (C=O) groups is 1. The molecule has 1 amide bonds. The zero-order chi connectivity index (χ0) is 14.0. The van der Waals surface area contributed by atoms with Gasteiger partial charge in [-0.15, -0.1) is 12.4 Å². The molecule has 1 heterocycles. The van der Waals surface area contributed by atoms with E-state index < -0.39 is 5.41 Å². The Balaban J connectivity index is 0.00000161. The normalized spacial score (nSPS) is 23.6. The predicted octanol–water partition coefficient (Wildman–Crippen LogP) is 2.54. The topological polar surface area (TPSA) is 41.1 Å². The average molecular weight is 313 g/mol. The second-order valence-corrected chi connectivity index (χ2v) is 5.96. The summed E-state index contributed by atoms with van der Waals surface area (Å²) in [4.78, 5) is 12.8. The minimum absolute atomic E-state index is 0. The molecule has 1 aliphatic carbocycles. The second kappa shape index (κ2) is 6.75. The van der Waals surface area contributed by atoms with Crippen LogP contribution in [0.5, 0.6) is 0 Å². The van der Waals surface area contributed by atoms with Gasteiger partial charge in [-0.25, -0.2) is 4.39 Å². The van der Waals surface area contributed by atoms with Crippen molar-refractivity contribution in [3.05, 3.63) is 35.6 Å². The van der Waals surface area contributed by atoms with E-state index in [1.165, 1.54) is 12.1 Å². The van der Waals surface area contributed by atoms with Gasteiger partial charge in [-0.1, -0.05) is 25.0 Å². The SMILES string of the molecule is Cl.O=C(NC1CCNC1)C1(c2ccc(F)cc2)CCCC1. The number of amides is 1. The Bertz CT molecular complexity index is 480. The molecule has 2 aliphatic rings. The summed E-state index contributed by atoms with van der Waals surface area (Å²) in [5.41, 5.74) is 0.510. The summed E-state index contributed by atoms with van der Waals surface area (Å²) < 4.78 is 13.1. The van der Waals surface area contributed by atoms with Crippen LogP contribution in [0.4, 0.5) is 4.39 Å². The van der Waals surface area contributed by atoms with Gasteiger partial charge in [-0.3, -0.25) is 4.79 Å². The number of rotatable bonds is 3. The van der Waals surface area contributed by atoms with Crippen molar-refractivity contribution in [3.8, 4) is 0 Å². The molecule has 2 N–H and O–H groups in total. The van der Waals surface area contributed by atoms with Gasteiger partial charge in [0.15, 0.2) is 0 Å². The van der Waals surface area contributed by atoms with E-state index in [1.54, 1.807) is 12.1 Å². The van der Waals surface area contributed by atoms with Crippen molar-refractivity contribution in [3.63, 3.8) is 0 Å². The molecule has 1 atom stereocenters. The highest BCUT2D eigenvalue weighted by Gasteiger charge is 2.43. The highest BCUT2D eigenvalue weighted by molar-refractivity contribution is 5.88. The van der Waals surface area contributed by atoms with Crippen LogP contribution in [0.15, 0.2) is 24.3 Å². The van der Waals surface area contributed by atoms with Gasteiger partial charge in [0, 0.05) is 12.6 Å². The molecule has 0 radical (unpaired) electrons. The van der Waals surface area contributed by atoms with E-state index in [2.05, 4.69) is 10.6 Å². The lowest BCUT2D eigenvalue weighted by Gasteiger charge is -2.30. The van der Waals surface area contributed by atoms with Crippen molar-refractivity contribution in [1.82, 2.24) is 10.6 Å². The third kappa shape index (κ3) is 3.22. The first-order chi connectivity index (χ1) is 9.71. The molecule has 1 saturated heterocycles. The first-order valence-corrected chi connectivity index (χ1v) is 7.48. The lowest BCUT2D eigenvalue weighted by molar-refractivity contribution is -0.127. The Morgan fingerprint density at radius 3 is 2.48 bits per heavy atom. The molecular formula is C16H22ClFN2O. The number of benzene rings is 1. The summed E-state index contributed by atoms with van der Waals surface area (Å²) in [7, 11) is 0. The van der Waals surface area contributed by atoms with E-state index >= 15 is 0 Å². The van der Waals surface area contributed by atoms with Gasteiger partial charge < -0.3 is 10.6 Å². The van der Waals surface area contributed by atoms with Crippen molar-refractivity contribution in [2.24, 2.45) is 0 Å². The van der Waals surface area contributed by atoms with Gasteiger partial charge in [0.2, 0.25) is 5.91 Å². The third-order valence-electron chi connectivity index (χ3n) is 4.68. The lowest BCUT2D eigenvalue weighted by Crippen LogP contribution is -2.47. The van der Waals surface area contributed by atoms with Gasteiger partial charge in [-0.2, -0.15) is 0 Å². The molecule has 1 unspecified atom stereocenters. The molecule has 1 saturated carbocycles. The summed E-state index contributed by atoms with van der Waals surface area (Å²) in [5, 5.41) is 6.44. The Hall–Kier alpha value is -1.13. The van der Waals surface area contributed by atoms with Crippen molar-refractivity contribution in [2.45, 2.75) is 43.6 Å². The largest absolute Gasteiger partial charge is 0.351 e. The molecule has 1 aromatic rings. The quantitative estimate of drug-likeness (QED) is 0.900. The van der Waals surface area contributed by atoms with Crippen molar-refractivity contribution >= 4 is 18.3 Å². The van der Waals surface area contributed by atoms with Crippen LogP contribution in [0.3, 0.4) is 0 Å². The van der Waals surface area contributed by atoms with Crippen LogP contribution in [0.25, 0.3) is 0 Å².